The lowest BCUT2D eigenvalue weighted by atomic mass is 9.87. The Balaban J connectivity index is 1.56. The lowest BCUT2D eigenvalue weighted by molar-refractivity contribution is -0.118. The first-order valence-corrected chi connectivity index (χ1v) is 10.4. The van der Waals surface area contributed by atoms with Crippen LogP contribution in [0.25, 0.3) is 0 Å². The number of aliphatic hydroxyl groups excluding tert-OH is 1. The predicted octanol–water partition coefficient (Wildman–Crippen LogP) is 2.28. The summed E-state index contributed by atoms with van der Waals surface area (Å²) in [5, 5.41) is 16.7. The van der Waals surface area contributed by atoms with Crippen LogP contribution in [0.1, 0.15) is 30.8 Å². The molecule has 1 aromatic carbocycles. The van der Waals surface area contributed by atoms with Crippen LogP contribution in [0.2, 0.25) is 0 Å². The molecule has 2 aliphatic heterocycles. The highest BCUT2D eigenvalue weighted by Gasteiger charge is 2.40. The van der Waals surface area contributed by atoms with Crippen LogP contribution in [0.4, 0.5) is 11.6 Å². The minimum atomic E-state index is -0.629. The van der Waals surface area contributed by atoms with Crippen LogP contribution in [0.5, 0.6) is 11.5 Å². The Labute approximate surface area is 183 Å². The fourth-order valence-electron chi connectivity index (χ4n) is 3.98. The van der Waals surface area contributed by atoms with E-state index in [4.69, 9.17) is 9.47 Å². The van der Waals surface area contributed by atoms with E-state index in [-0.39, 0.29) is 19.3 Å². The minimum Gasteiger partial charge on any atom is -0.454 e. The topological polar surface area (TPSA) is 124 Å². The third kappa shape index (κ3) is 3.69. The van der Waals surface area contributed by atoms with Gasteiger partial charge in [0.2, 0.25) is 18.6 Å². The van der Waals surface area contributed by atoms with Crippen molar-refractivity contribution in [3.63, 3.8) is 0 Å². The number of nitrogens with one attached hydrogen (secondary N) is 1. The Bertz CT molecular complexity index is 1180. The molecule has 2 unspecified atom stereocenters. The number of amides is 1. The van der Waals surface area contributed by atoms with E-state index < -0.39 is 12.0 Å². The molecule has 0 bridgehead atoms. The molecule has 4 heterocycles. The highest BCUT2D eigenvalue weighted by atomic mass is 16.7. The SMILES string of the molecule is CC1=Nc2nc(CCCO)nn2C(c2ccc3c(c2)OCO3)C1C(=O)Nc1cccnc1. The van der Waals surface area contributed by atoms with Gasteiger partial charge in [0.05, 0.1) is 17.9 Å². The van der Waals surface area contributed by atoms with Crippen molar-refractivity contribution in [1.29, 1.82) is 0 Å². The number of aryl methyl sites for hydroxylation is 1. The molecule has 164 valence electrons. The van der Waals surface area contributed by atoms with Gasteiger partial charge in [-0.25, -0.2) is 9.67 Å². The number of ether oxygens (including phenoxy) is 2. The summed E-state index contributed by atoms with van der Waals surface area (Å²) in [5.74, 6) is 1.44. The van der Waals surface area contributed by atoms with Gasteiger partial charge in [0, 0.05) is 24.9 Å². The van der Waals surface area contributed by atoms with Crippen molar-refractivity contribution in [3.8, 4) is 11.5 Å². The average Bonchev–Trinajstić information content (AvgIpc) is 3.43. The van der Waals surface area contributed by atoms with Gasteiger partial charge in [0.15, 0.2) is 17.3 Å². The van der Waals surface area contributed by atoms with E-state index in [9.17, 15) is 9.90 Å². The first kappa shape index (κ1) is 20.1. The number of benzene rings is 1. The van der Waals surface area contributed by atoms with Crippen molar-refractivity contribution < 1.29 is 19.4 Å². The largest absolute Gasteiger partial charge is 0.454 e. The van der Waals surface area contributed by atoms with Gasteiger partial charge in [0.1, 0.15) is 5.92 Å². The molecule has 10 heteroatoms. The fraction of sp³-hybridized carbons (Fsp3) is 0.318. The Morgan fingerprint density at radius 2 is 2.16 bits per heavy atom. The highest BCUT2D eigenvalue weighted by Crippen LogP contribution is 2.40. The molecule has 0 radical (unpaired) electrons. The number of hydrogen-bond donors (Lipinski definition) is 2. The maximum atomic E-state index is 13.4. The molecule has 0 fully saturated rings. The number of rotatable bonds is 6. The summed E-state index contributed by atoms with van der Waals surface area (Å²) in [6.07, 6.45) is 4.31. The number of fused-ring (bicyclic) bond motifs is 2. The number of carbonyl (C=O) groups is 1. The van der Waals surface area contributed by atoms with Crippen LogP contribution >= 0.6 is 0 Å². The van der Waals surface area contributed by atoms with E-state index in [1.165, 1.54) is 0 Å². The molecule has 0 saturated carbocycles. The zero-order valence-electron chi connectivity index (χ0n) is 17.4. The number of pyridine rings is 1. The number of hydrogen-bond acceptors (Lipinski definition) is 8. The Morgan fingerprint density at radius 3 is 2.97 bits per heavy atom. The van der Waals surface area contributed by atoms with Crippen molar-refractivity contribution in [2.24, 2.45) is 10.9 Å². The monoisotopic (exact) mass is 434 g/mol. The first-order valence-electron chi connectivity index (χ1n) is 10.4. The van der Waals surface area contributed by atoms with Crippen LogP contribution in [-0.2, 0) is 11.2 Å². The molecular weight excluding hydrogens is 412 g/mol. The van der Waals surface area contributed by atoms with E-state index in [0.29, 0.717) is 47.5 Å². The summed E-state index contributed by atoms with van der Waals surface area (Å²) in [4.78, 5) is 26.6. The van der Waals surface area contributed by atoms with E-state index in [1.807, 2.05) is 25.1 Å². The second kappa shape index (κ2) is 8.39. The summed E-state index contributed by atoms with van der Waals surface area (Å²) < 4.78 is 12.7. The summed E-state index contributed by atoms with van der Waals surface area (Å²) >= 11 is 0. The molecule has 2 aliphatic rings. The summed E-state index contributed by atoms with van der Waals surface area (Å²) in [7, 11) is 0. The van der Waals surface area contributed by atoms with Gasteiger partial charge in [-0.3, -0.25) is 9.78 Å². The second-order valence-corrected chi connectivity index (χ2v) is 7.62. The van der Waals surface area contributed by atoms with E-state index in [2.05, 4.69) is 25.4 Å². The Kier molecular flexibility index (Phi) is 5.28. The summed E-state index contributed by atoms with van der Waals surface area (Å²) in [6.45, 7) is 2.03. The minimum absolute atomic E-state index is 0.0495. The van der Waals surface area contributed by atoms with Crippen LogP contribution in [0.15, 0.2) is 47.7 Å². The molecule has 5 rings (SSSR count). The first-order chi connectivity index (χ1) is 15.6. The van der Waals surface area contributed by atoms with E-state index in [0.717, 1.165) is 5.56 Å². The number of carbonyl (C=O) groups excluding carboxylic acids is 1. The van der Waals surface area contributed by atoms with Gasteiger partial charge in [-0.15, -0.1) is 0 Å². The van der Waals surface area contributed by atoms with Crippen molar-refractivity contribution in [2.45, 2.75) is 25.8 Å². The molecule has 2 atom stereocenters. The normalized spacial score (nSPS) is 18.8. The van der Waals surface area contributed by atoms with Crippen molar-refractivity contribution in [1.82, 2.24) is 19.7 Å². The van der Waals surface area contributed by atoms with Gasteiger partial charge in [-0.05, 0) is 43.2 Å². The number of aliphatic imine (C=N–C) groups is 1. The van der Waals surface area contributed by atoms with Crippen LogP contribution in [0.3, 0.4) is 0 Å². The number of nitrogens with zero attached hydrogens (tertiary/aromatic N) is 5. The molecule has 1 amide bonds. The third-order valence-corrected chi connectivity index (χ3v) is 5.47. The quantitative estimate of drug-likeness (QED) is 0.610. The molecular formula is C22H22N6O4. The smallest absolute Gasteiger partial charge is 0.248 e. The fourth-order valence-corrected chi connectivity index (χ4v) is 3.98. The maximum absolute atomic E-state index is 13.4. The number of aromatic nitrogens is 4. The van der Waals surface area contributed by atoms with E-state index >= 15 is 0 Å². The lowest BCUT2D eigenvalue weighted by Gasteiger charge is -2.30. The summed E-state index contributed by atoms with van der Waals surface area (Å²) in [6, 6.07) is 8.66. The van der Waals surface area contributed by atoms with Crippen LogP contribution in [-0.4, -0.2) is 49.9 Å². The van der Waals surface area contributed by atoms with Crippen LogP contribution in [0, 0.1) is 5.92 Å². The van der Waals surface area contributed by atoms with E-state index in [1.54, 1.807) is 29.2 Å². The Morgan fingerprint density at radius 1 is 1.28 bits per heavy atom. The highest BCUT2D eigenvalue weighted by molar-refractivity contribution is 6.10. The molecule has 3 aromatic rings. The zero-order chi connectivity index (χ0) is 22.1. The summed E-state index contributed by atoms with van der Waals surface area (Å²) in [5.41, 5.74) is 2.06. The van der Waals surface area contributed by atoms with Gasteiger partial charge in [0.25, 0.3) is 0 Å². The zero-order valence-corrected chi connectivity index (χ0v) is 17.4. The second-order valence-electron chi connectivity index (χ2n) is 7.62. The Hall–Kier alpha value is -3.79. The standard InChI is InChI=1S/C22H22N6O4/c1-13-19(21(30)25-15-4-2-8-23-11-15)20(14-6-7-16-17(10-14)32-12-31-16)28-22(24-13)26-18(27-28)5-3-9-29/h2,4,6-8,10-11,19-20,29H,3,5,9,12H2,1H3,(H,25,30). The molecule has 0 saturated heterocycles. The molecule has 10 nitrogen and oxygen atoms in total. The van der Waals surface area contributed by atoms with Crippen molar-refractivity contribution >= 4 is 23.3 Å². The third-order valence-electron chi connectivity index (χ3n) is 5.47. The van der Waals surface area contributed by atoms with Gasteiger partial charge < -0.3 is 19.9 Å². The number of aliphatic hydroxyl groups is 1. The molecule has 2 N–H and O–H groups in total. The van der Waals surface area contributed by atoms with Crippen molar-refractivity contribution in [2.75, 3.05) is 18.7 Å². The molecule has 32 heavy (non-hydrogen) atoms. The van der Waals surface area contributed by atoms with Gasteiger partial charge >= 0.3 is 0 Å². The predicted molar refractivity (Wildman–Crippen MR) is 115 cm³/mol. The van der Waals surface area contributed by atoms with Gasteiger partial charge in [-0.2, -0.15) is 10.1 Å². The molecule has 0 spiro atoms. The molecule has 0 aliphatic carbocycles. The van der Waals surface area contributed by atoms with Gasteiger partial charge in [-0.1, -0.05) is 6.07 Å². The number of anilines is 1. The molecule has 2 aromatic heterocycles. The maximum Gasteiger partial charge on any atom is 0.248 e. The van der Waals surface area contributed by atoms with Crippen LogP contribution < -0.4 is 14.8 Å². The van der Waals surface area contributed by atoms with Crippen molar-refractivity contribution in [3.05, 3.63) is 54.1 Å². The average molecular weight is 434 g/mol. The lowest BCUT2D eigenvalue weighted by Crippen LogP contribution is -2.39.